The number of carbonyl (C=O) groups is 1. The van der Waals surface area contributed by atoms with Crippen LogP contribution in [0.4, 0.5) is 0 Å². The number of carbonyl (C=O) groups excluding carboxylic acids is 1. The summed E-state index contributed by atoms with van der Waals surface area (Å²) in [5.74, 6) is 0.631. The van der Waals surface area contributed by atoms with Crippen LogP contribution in [0.25, 0.3) is 0 Å². The Hall–Kier alpha value is -1.55. The van der Waals surface area contributed by atoms with E-state index in [0.29, 0.717) is 0 Å². The fourth-order valence-corrected chi connectivity index (χ4v) is 1.58. The maximum atomic E-state index is 11.8. The van der Waals surface area contributed by atoms with Crippen molar-refractivity contribution in [3.05, 3.63) is 29.8 Å². The van der Waals surface area contributed by atoms with Gasteiger partial charge in [-0.15, -0.1) is 0 Å². The van der Waals surface area contributed by atoms with Crippen LogP contribution in [0, 0.1) is 0 Å². The molecule has 0 heterocycles. The molecular weight excluding hydrogens is 228 g/mol. The van der Waals surface area contributed by atoms with Crippen LogP contribution in [0.5, 0.6) is 5.75 Å². The summed E-state index contributed by atoms with van der Waals surface area (Å²) in [4.78, 5) is 11.8. The number of hydrogen-bond donors (Lipinski definition) is 1. The van der Waals surface area contributed by atoms with Crippen LogP contribution in [-0.2, 0) is 4.79 Å². The Morgan fingerprint density at radius 2 is 1.72 bits per heavy atom. The summed E-state index contributed by atoms with van der Waals surface area (Å²) in [6.45, 7) is 5.86. The average molecular weight is 250 g/mol. The lowest BCUT2D eigenvalue weighted by Gasteiger charge is -2.17. The van der Waals surface area contributed by atoms with Gasteiger partial charge in [0.2, 0.25) is 5.91 Å². The van der Waals surface area contributed by atoms with E-state index in [0.717, 1.165) is 11.3 Å². The lowest BCUT2D eigenvalue weighted by molar-refractivity contribution is -0.125. The largest absolute Gasteiger partial charge is 0.491 e. The summed E-state index contributed by atoms with van der Waals surface area (Å²) < 4.78 is 5.57. The van der Waals surface area contributed by atoms with Crippen LogP contribution in [0.1, 0.15) is 32.3 Å². The molecule has 1 aromatic carbocycles. The number of hydrazine groups is 1. The predicted octanol–water partition coefficient (Wildman–Crippen LogP) is 2.17. The summed E-state index contributed by atoms with van der Waals surface area (Å²) in [6, 6.07) is 7.65. The molecule has 100 valence electrons. The van der Waals surface area contributed by atoms with E-state index in [9.17, 15) is 4.79 Å². The molecule has 0 aliphatic rings. The molecule has 1 atom stereocenters. The molecule has 0 aromatic heterocycles. The molecule has 1 N–H and O–H groups in total. The topological polar surface area (TPSA) is 41.6 Å². The molecule has 4 heteroatoms. The number of benzene rings is 1. The zero-order valence-electron chi connectivity index (χ0n) is 11.7. The predicted molar refractivity (Wildman–Crippen MR) is 72.5 cm³/mol. The van der Waals surface area contributed by atoms with Crippen LogP contribution >= 0.6 is 0 Å². The van der Waals surface area contributed by atoms with E-state index in [4.69, 9.17) is 4.74 Å². The third-order valence-electron chi connectivity index (χ3n) is 2.48. The highest BCUT2D eigenvalue weighted by Crippen LogP contribution is 2.20. The standard InChI is InChI=1S/C14H22N2O2/c1-10(2)18-13-8-6-12(7-9-13)11(3)14(17)15-16(4)5/h6-11H,1-5H3,(H,15,17). The Morgan fingerprint density at radius 1 is 1.17 bits per heavy atom. The summed E-state index contributed by atoms with van der Waals surface area (Å²) in [6.07, 6.45) is 0.158. The third-order valence-corrected chi connectivity index (χ3v) is 2.48. The summed E-state index contributed by atoms with van der Waals surface area (Å²) in [5, 5.41) is 1.65. The Labute approximate surface area is 109 Å². The van der Waals surface area contributed by atoms with Crippen LogP contribution in [0.2, 0.25) is 0 Å². The minimum atomic E-state index is -0.180. The lowest BCUT2D eigenvalue weighted by Crippen LogP contribution is -2.38. The SMILES string of the molecule is CC(C)Oc1ccc(C(C)C(=O)NN(C)C)cc1. The van der Waals surface area contributed by atoms with E-state index in [1.54, 1.807) is 19.1 Å². The number of nitrogens with one attached hydrogen (secondary N) is 1. The number of amides is 1. The molecule has 4 nitrogen and oxygen atoms in total. The zero-order valence-corrected chi connectivity index (χ0v) is 11.7. The number of hydrogen-bond acceptors (Lipinski definition) is 3. The molecule has 0 spiro atoms. The first kappa shape index (κ1) is 14.5. The van der Waals surface area contributed by atoms with Gasteiger partial charge in [0, 0.05) is 14.1 Å². The number of rotatable bonds is 5. The minimum absolute atomic E-state index is 0.0162. The highest BCUT2D eigenvalue weighted by atomic mass is 16.5. The second-order valence-electron chi connectivity index (χ2n) is 4.83. The molecule has 1 amide bonds. The van der Waals surface area contributed by atoms with Crippen molar-refractivity contribution in [2.45, 2.75) is 32.8 Å². The van der Waals surface area contributed by atoms with Gasteiger partial charge in [-0.25, -0.2) is 5.01 Å². The van der Waals surface area contributed by atoms with Crippen molar-refractivity contribution >= 4 is 5.91 Å². The van der Waals surface area contributed by atoms with E-state index in [1.165, 1.54) is 0 Å². The number of nitrogens with zero attached hydrogens (tertiary/aromatic N) is 1. The fourth-order valence-electron chi connectivity index (χ4n) is 1.58. The summed E-state index contributed by atoms with van der Waals surface area (Å²) >= 11 is 0. The molecule has 0 aliphatic carbocycles. The molecule has 1 aromatic rings. The second-order valence-corrected chi connectivity index (χ2v) is 4.83. The highest BCUT2D eigenvalue weighted by Gasteiger charge is 2.15. The van der Waals surface area contributed by atoms with Gasteiger partial charge in [-0.3, -0.25) is 10.2 Å². The molecular formula is C14H22N2O2. The first-order chi connectivity index (χ1) is 8.40. The molecule has 0 radical (unpaired) electrons. The zero-order chi connectivity index (χ0) is 13.7. The van der Waals surface area contributed by atoms with E-state index in [2.05, 4.69) is 5.43 Å². The molecule has 0 bridgehead atoms. The van der Waals surface area contributed by atoms with Gasteiger partial charge < -0.3 is 4.74 Å². The Balaban J connectivity index is 2.69. The van der Waals surface area contributed by atoms with Gasteiger partial charge in [-0.1, -0.05) is 12.1 Å². The fraction of sp³-hybridized carbons (Fsp3) is 0.500. The molecule has 0 aliphatic heterocycles. The van der Waals surface area contributed by atoms with Crippen molar-refractivity contribution in [3.8, 4) is 5.75 Å². The minimum Gasteiger partial charge on any atom is -0.491 e. The third kappa shape index (κ3) is 4.37. The smallest absolute Gasteiger partial charge is 0.241 e. The molecule has 0 fully saturated rings. The average Bonchev–Trinajstić information content (AvgIpc) is 2.27. The molecule has 18 heavy (non-hydrogen) atoms. The van der Waals surface area contributed by atoms with Crippen molar-refractivity contribution < 1.29 is 9.53 Å². The Bertz CT molecular complexity index is 385. The normalized spacial score (nSPS) is 12.6. The molecule has 0 saturated heterocycles. The van der Waals surface area contributed by atoms with Gasteiger partial charge in [0.15, 0.2) is 0 Å². The van der Waals surface area contributed by atoms with Crippen LogP contribution < -0.4 is 10.2 Å². The van der Waals surface area contributed by atoms with Gasteiger partial charge in [0.05, 0.1) is 12.0 Å². The van der Waals surface area contributed by atoms with Crippen molar-refractivity contribution in [1.82, 2.24) is 10.4 Å². The Kier molecular flexibility index (Phi) is 5.16. The van der Waals surface area contributed by atoms with Crippen molar-refractivity contribution in [2.75, 3.05) is 14.1 Å². The van der Waals surface area contributed by atoms with Crippen LogP contribution in [-0.4, -0.2) is 31.1 Å². The van der Waals surface area contributed by atoms with Gasteiger partial charge in [-0.2, -0.15) is 0 Å². The monoisotopic (exact) mass is 250 g/mol. The van der Waals surface area contributed by atoms with Gasteiger partial charge in [0.25, 0.3) is 0 Å². The van der Waals surface area contributed by atoms with Crippen molar-refractivity contribution in [3.63, 3.8) is 0 Å². The second kappa shape index (κ2) is 6.40. The van der Waals surface area contributed by atoms with Gasteiger partial charge in [-0.05, 0) is 38.5 Å². The maximum Gasteiger partial charge on any atom is 0.241 e. The molecule has 1 unspecified atom stereocenters. The Morgan fingerprint density at radius 3 is 2.17 bits per heavy atom. The highest BCUT2D eigenvalue weighted by molar-refractivity contribution is 5.82. The van der Waals surface area contributed by atoms with Gasteiger partial charge >= 0.3 is 0 Å². The van der Waals surface area contributed by atoms with Gasteiger partial charge in [0.1, 0.15) is 5.75 Å². The number of ether oxygens (including phenoxy) is 1. The maximum absolute atomic E-state index is 11.8. The summed E-state index contributed by atoms with van der Waals surface area (Å²) in [7, 11) is 3.59. The van der Waals surface area contributed by atoms with Crippen LogP contribution in [0.15, 0.2) is 24.3 Å². The first-order valence-electron chi connectivity index (χ1n) is 6.14. The van der Waals surface area contributed by atoms with Crippen molar-refractivity contribution in [1.29, 1.82) is 0 Å². The molecule has 1 rings (SSSR count). The first-order valence-corrected chi connectivity index (χ1v) is 6.14. The quantitative estimate of drug-likeness (QED) is 0.814. The summed E-state index contributed by atoms with van der Waals surface area (Å²) in [5.41, 5.74) is 3.73. The van der Waals surface area contributed by atoms with E-state index in [1.807, 2.05) is 45.0 Å². The van der Waals surface area contributed by atoms with Crippen molar-refractivity contribution in [2.24, 2.45) is 0 Å². The van der Waals surface area contributed by atoms with E-state index >= 15 is 0 Å². The van der Waals surface area contributed by atoms with E-state index in [-0.39, 0.29) is 17.9 Å². The molecule has 0 saturated carbocycles. The van der Waals surface area contributed by atoms with E-state index < -0.39 is 0 Å². The lowest BCUT2D eigenvalue weighted by atomic mass is 10.0. The van der Waals surface area contributed by atoms with Crippen LogP contribution in [0.3, 0.4) is 0 Å².